The average molecular weight is 490 g/mol. The van der Waals surface area contributed by atoms with Gasteiger partial charge in [0.05, 0.1) is 16.5 Å². The van der Waals surface area contributed by atoms with Crippen LogP contribution in [0.15, 0.2) is 60.2 Å². The van der Waals surface area contributed by atoms with Crippen LogP contribution in [0.3, 0.4) is 0 Å². The Labute approximate surface area is 209 Å². The highest BCUT2D eigenvalue weighted by molar-refractivity contribution is 6.32. The molecule has 0 aromatic heterocycles. The summed E-state index contributed by atoms with van der Waals surface area (Å²) >= 11 is 0. The molecule has 0 unspecified atom stereocenters. The van der Waals surface area contributed by atoms with Crippen LogP contribution in [0.5, 0.6) is 17.2 Å². The Morgan fingerprint density at radius 1 is 0.622 bits per heavy atom. The number of aromatic hydroxyl groups is 3. The van der Waals surface area contributed by atoms with Crippen LogP contribution in [0.1, 0.15) is 65.0 Å². The second-order valence-electron chi connectivity index (χ2n) is 9.32. The summed E-state index contributed by atoms with van der Waals surface area (Å²) in [6.07, 6.45) is 1.14. The number of fused-ring (bicyclic) bond motifs is 4. The van der Waals surface area contributed by atoms with E-state index in [0.29, 0.717) is 16.5 Å². The van der Waals surface area contributed by atoms with Gasteiger partial charge in [-0.05, 0) is 66.8 Å². The minimum absolute atomic E-state index is 0.0102. The van der Waals surface area contributed by atoms with E-state index in [1.54, 1.807) is 25.1 Å². The summed E-state index contributed by atoms with van der Waals surface area (Å²) in [5.74, 6) is -3.14. The average Bonchev–Trinajstić information content (AvgIpc) is 2.85. The van der Waals surface area contributed by atoms with E-state index in [-0.39, 0.29) is 61.4 Å². The number of rotatable bonds is 1. The highest BCUT2D eigenvalue weighted by atomic mass is 16.3. The Morgan fingerprint density at radius 2 is 1.38 bits per heavy atom. The Bertz CT molecular complexity index is 1840. The van der Waals surface area contributed by atoms with Gasteiger partial charge in [0.25, 0.3) is 0 Å². The Morgan fingerprint density at radius 3 is 2.14 bits per heavy atom. The molecule has 3 N–H and O–H groups in total. The molecule has 2 aliphatic rings. The maximum Gasteiger partial charge on any atom is 0.198 e. The van der Waals surface area contributed by atoms with Crippen LogP contribution in [0.25, 0.3) is 21.9 Å². The van der Waals surface area contributed by atoms with Crippen molar-refractivity contribution in [3.63, 3.8) is 0 Å². The van der Waals surface area contributed by atoms with E-state index in [2.05, 4.69) is 0 Å². The third-order valence-corrected chi connectivity index (χ3v) is 7.00. The SMILES string of the molecule is CC1=CC(=O)c2c(c(-c3ccc4c(c3)C(=O)c3c(O)cc(C)cc3C4=O)c3cccc(O)c3c2O)C1=O. The van der Waals surface area contributed by atoms with Gasteiger partial charge in [0.1, 0.15) is 17.2 Å². The number of phenols is 3. The van der Waals surface area contributed by atoms with Crippen molar-refractivity contribution >= 4 is 33.9 Å². The van der Waals surface area contributed by atoms with Crippen LogP contribution in [0.4, 0.5) is 0 Å². The molecule has 0 saturated heterocycles. The van der Waals surface area contributed by atoms with E-state index < -0.39 is 28.9 Å². The zero-order chi connectivity index (χ0) is 26.3. The van der Waals surface area contributed by atoms with Crippen molar-refractivity contribution in [3.05, 3.63) is 99.1 Å². The van der Waals surface area contributed by atoms with Gasteiger partial charge in [-0.15, -0.1) is 0 Å². The van der Waals surface area contributed by atoms with Gasteiger partial charge in [0.15, 0.2) is 23.1 Å². The van der Waals surface area contributed by atoms with Gasteiger partial charge in [-0.1, -0.05) is 18.2 Å². The number of allylic oxidation sites excluding steroid dienone is 2. The molecule has 0 heterocycles. The summed E-state index contributed by atoms with van der Waals surface area (Å²) in [6.45, 7) is 3.20. The highest BCUT2D eigenvalue weighted by Crippen LogP contribution is 2.47. The van der Waals surface area contributed by atoms with Crippen LogP contribution in [0, 0.1) is 6.92 Å². The van der Waals surface area contributed by atoms with Crippen molar-refractivity contribution in [1.82, 2.24) is 0 Å². The number of ketones is 4. The number of hydrogen-bond acceptors (Lipinski definition) is 7. The van der Waals surface area contributed by atoms with Crippen LogP contribution >= 0.6 is 0 Å². The lowest BCUT2D eigenvalue weighted by molar-refractivity contribution is 0.0976. The lowest BCUT2D eigenvalue weighted by Gasteiger charge is -2.23. The first-order chi connectivity index (χ1) is 17.6. The minimum Gasteiger partial charge on any atom is -0.507 e. The second-order valence-corrected chi connectivity index (χ2v) is 9.32. The van der Waals surface area contributed by atoms with Crippen molar-refractivity contribution in [2.45, 2.75) is 13.8 Å². The van der Waals surface area contributed by atoms with E-state index in [1.165, 1.54) is 37.3 Å². The van der Waals surface area contributed by atoms with Crippen molar-refractivity contribution < 1.29 is 34.5 Å². The van der Waals surface area contributed by atoms with E-state index in [4.69, 9.17) is 0 Å². The topological polar surface area (TPSA) is 129 Å². The Balaban J connectivity index is 1.70. The molecule has 7 nitrogen and oxygen atoms in total. The zero-order valence-corrected chi connectivity index (χ0v) is 19.7. The van der Waals surface area contributed by atoms with E-state index in [9.17, 15) is 34.5 Å². The first kappa shape index (κ1) is 22.4. The second kappa shape index (κ2) is 7.48. The largest absolute Gasteiger partial charge is 0.507 e. The highest BCUT2D eigenvalue weighted by Gasteiger charge is 2.35. The summed E-state index contributed by atoms with van der Waals surface area (Å²) in [7, 11) is 0. The summed E-state index contributed by atoms with van der Waals surface area (Å²) in [5, 5.41) is 32.3. The standard InChI is InChI=1S/C30H18O7/c1-12-8-18-24(20(32)9-12)29(36)17-11-14(6-7-15(17)28(18)35)22-16-4-3-5-19(31)23(16)30(37)25-21(33)10-13(2)27(34)26(22)25/h3-11,31-32,37H,1-2H3. The maximum atomic E-state index is 13.5. The fourth-order valence-corrected chi connectivity index (χ4v) is 5.35. The first-order valence-electron chi connectivity index (χ1n) is 11.5. The molecular weight excluding hydrogens is 472 g/mol. The van der Waals surface area contributed by atoms with Gasteiger partial charge in [-0.2, -0.15) is 0 Å². The first-order valence-corrected chi connectivity index (χ1v) is 11.5. The number of Topliss-reactive ketones (excluding diaryl/α,β-unsaturated/α-hetero) is 1. The number of aryl methyl sites for hydroxylation is 1. The van der Waals surface area contributed by atoms with Crippen molar-refractivity contribution in [3.8, 4) is 28.4 Å². The molecule has 0 aliphatic heterocycles. The van der Waals surface area contributed by atoms with E-state index in [1.807, 2.05) is 0 Å². The summed E-state index contributed by atoms with van der Waals surface area (Å²) < 4.78 is 0. The summed E-state index contributed by atoms with van der Waals surface area (Å²) in [6, 6.07) is 11.9. The number of hydrogen-bond donors (Lipinski definition) is 3. The van der Waals surface area contributed by atoms with Crippen LogP contribution < -0.4 is 0 Å². The molecule has 0 saturated carbocycles. The molecule has 7 heteroatoms. The minimum atomic E-state index is -0.588. The number of phenolic OH excluding ortho intramolecular Hbond substituents is 3. The van der Waals surface area contributed by atoms with Gasteiger partial charge in [-0.25, -0.2) is 0 Å². The predicted octanol–water partition coefficient (Wildman–Crippen LogP) is 5.03. The predicted molar refractivity (Wildman–Crippen MR) is 135 cm³/mol. The van der Waals surface area contributed by atoms with Crippen molar-refractivity contribution in [1.29, 1.82) is 0 Å². The molecule has 180 valence electrons. The maximum absolute atomic E-state index is 13.5. The Hall–Kier alpha value is -5.04. The molecule has 0 bridgehead atoms. The zero-order valence-electron chi connectivity index (χ0n) is 19.7. The summed E-state index contributed by atoms with van der Waals surface area (Å²) in [5.41, 5.74) is 1.29. The smallest absolute Gasteiger partial charge is 0.198 e. The third-order valence-electron chi connectivity index (χ3n) is 7.00. The van der Waals surface area contributed by atoms with Crippen LogP contribution in [0.2, 0.25) is 0 Å². The molecule has 0 spiro atoms. The number of benzene rings is 4. The summed E-state index contributed by atoms with van der Waals surface area (Å²) in [4.78, 5) is 53.0. The monoisotopic (exact) mass is 490 g/mol. The lowest BCUT2D eigenvalue weighted by atomic mass is 9.78. The fraction of sp³-hybridized carbons (Fsp3) is 0.0667. The molecular formula is C30H18O7. The normalized spacial score (nSPS) is 14.4. The third kappa shape index (κ3) is 2.94. The Kier molecular flexibility index (Phi) is 4.53. The number of carbonyl (C=O) groups is 4. The van der Waals surface area contributed by atoms with Crippen LogP contribution in [-0.4, -0.2) is 38.5 Å². The molecule has 4 aromatic carbocycles. The van der Waals surface area contributed by atoms with Gasteiger partial charge in [-0.3, -0.25) is 19.2 Å². The van der Waals surface area contributed by atoms with Gasteiger partial charge in [0, 0.05) is 33.4 Å². The van der Waals surface area contributed by atoms with Crippen molar-refractivity contribution in [2.75, 3.05) is 0 Å². The van der Waals surface area contributed by atoms with Gasteiger partial charge < -0.3 is 15.3 Å². The van der Waals surface area contributed by atoms with Crippen molar-refractivity contribution in [2.24, 2.45) is 0 Å². The van der Waals surface area contributed by atoms with Gasteiger partial charge in [0.2, 0.25) is 0 Å². The van der Waals surface area contributed by atoms with Gasteiger partial charge >= 0.3 is 0 Å². The quantitative estimate of drug-likeness (QED) is 0.300. The molecule has 6 rings (SSSR count). The molecule has 2 aliphatic carbocycles. The molecule has 0 atom stereocenters. The molecule has 4 aromatic rings. The molecule has 0 radical (unpaired) electrons. The van der Waals surface area contributed by atoms with Crippen LogP contribution in [-0.2, 0) is 0 Å². The molecule has 37 heavy (non-hydrogen) atoms. The van der Waals surface area contributed by atoms with E-state index in [0.717, 1.165) is 6.08 Å². The number of carbonyl (C=O) groups excluding carboxylic acids is 4. The molecule has 0 amide bonds. The van der Waals surface area contributed by atoms with E-state index >= 15 is 0 Å². The molecule has 0 fully saturated rings. The lowest BCUT2D eigenvalue weighted by Crippen LogP contribution is -2.21. The fourth-order valence-electron chi connectivity index (χ4n) is 5.35.